The van der Waals surface area contributed by atoms with Crippen LogP contribution in [0.1, 0.15) is 25.5 Å². The van der Waals surface area contributed by atoms with Crippen LogP contribution in [0.15, 0.2) is 30.3 Å². The van der Waals surface area contributed by atoms with Gasteiger partial charge < -0.3 is 9.80 Å². The number of benzene rings is 1. The number of rotatable bonds is 2. The van der Waals surface area contributed by atoms with Crippen molar-refractivity contribution in [3.05, 3.63) is 35.9 Å². The number of hydrogen-bond donors (Lipinski definition) is 0. The molecule has 1 saturated heterocycles. The predicted octanol–water partition coefficient (Wildman–Crippen LogP) is 2.50. The Morgan fingerprint density at radius 3 is 2.38 bits per heavy atom. The molecule has 0 spiro atoms. The molecule has 16 heavy (non-hydrogen) atoms. The molecule has 1 unspecified atom stereocenters. The van der Waals surface area contributed by atoms with Crippen LogP contribution in [0.5, 0.6) is 0 Å². The minimum absolute atomic E-state index is 0.129. The van der Waals surface area contributed by atoms with Crippen LogP contribution in [0.3, 0.4) is 0 Å². The van der Waals surface area contributed by atoms with Crippen LogP contribution >= 0.6 is 0 Å². The van der Waals surface area contributed by atoms with E-state index in [9.17, 15) is 4.79 Å². The largest absolute Gasteiger partial charge is 0.320 e. The first-order valence-electron chi connectivity index (χ1n) is 5.69. The number of nitrogens with zero attached hydrogens (tertiary/aromatic N) is 2. The van der Waals surface area contributed by atoms with Crippen molar-refractivity contribution in [3.8, 4) is 0 Å². The van der Waals surface area contributed by atoms with E-state index in [2.05, 4.69) is 26.0 Å². The molecule has 2 amide bonds. The standard InChI is InChI=1S/C13H18N2O/c1-10(2)15-9-12(14(3)13(15)16)11-7-5-4-6-8-11/h4-8,10,12H,9H2,1-3H3. The Balaban J connectivity index is 2.23. The topological polar surface area (TPSA) is 23.6 Å². The molecular weight excluding hydrogens is 200 g/mol. The predicted molar refractivity (Wildman–Crippen MR) is 64.2 cm³/mol. The van der Waals surface area contributed by atoms with E-state index in [1.54, 1.807) is 0 Å². The molecule has 1 aliphatic heterocycles. The van der Waals surface area contributed by atoms with Crippen LogP contribution < -0.4 is 0 Å². The molecule has 0 bridgehead atoms. The molecule has 2 rings (SSSR count). The second-order valence-corrected chi connectivity index (χ2v) is 4.57. The highest BCUT2D eigenvalue weighted by Crippen LogP contribution is 2.28. The minimum atomic E-state index is 0.129. The fourth-order valence-electron chi connectivity index (χ4n) is 2.16. The molecule has 3 nitrogen and oxygen atoms in total. The smallest absolute Gasteiger partial charge is 0.320 e. The zero-order valence-corrected chi connectivity index (χ0v) is 10.1. The first-order valence-corrected chi connectivity index (χ1v) is 5.69. The van der Waals surface area contributed by atoms with Gasteiger partial charge in [-0.2, -0.15) is 0 Å². The summed E-state index contributed by atoms with van der Waals surface area (Å²) in [4.78, 5) is 15.7. The van der Waals surface area contributed by atoms with Crippen molar-refractivity contribution in [2.75, 3.05) is 13.6 Å². The molecule has 86 valence electrons. The highest BCUT2D eigenvalue weighted by Gasteiger charge is 2.36. The summed E-state index contributed by atoms with van der Waals surface area (Å²) in [7, 11) is 1.88. The van der Waals surface area contributed by atoms with Gasteiger partial charge in [0.25, 0.3) is 0 Å². The summed E-state index contributed by atoms with van der Waals surface area (Å²) in [6, 6.07) is 10.8. The van der Waals surface area contributed by atoms with Crippen molar-refractivity contribution in [3.63, 3.8) is 0 Å². The molecule has 1 aromatic rings. The molecular formula is C13H18N2O. The summed E-state index contributed by atoms with van der Waals surface area (Å²) >= 11 is 0. The first kappa shape index (κ1) is 11.0. The van der Waals surface area contributed by atoms with E-state index in [4.69, 9.17) is 0 Å². The monoisotopic (exact) mass is 218 g/mol. The van der Waals surface area contributed by atoms with Crippen molar-refractivity contribution in [2.24, 2.45) is 0 Å². The van der Waals surface area contributed by atoms with Gasteiger partial charge in [-0.25, -0.2) is 4.79 Å². The molecule has 3 heteroatoms. The zero-order chi connectivity index (χ0) is 11.7. The Hall–Kier alpha value is -1.51. The van der Waals surface area contributed by atoms with Gasteiger partial charge in [-0.15, -0.1) is 0 Å². The van der Waals surface area contributed by atoms with Gasteiger partial charge in [-0.05, 0) is 19.4 Å². The molecule has 0 saturated carbocycles. The fraction of sp³-hybridized carbons (Fsp3) is 0.462. The van der Waals surface area contributed by atoms with Gasteiger partial charge in [0.15, 0.2) is 0 Å². The van der Waals surface area contributed by atoms with Crippen LogP contribution in [0.25, 0.3) is 0 Å². The molecule has 0 aromatic heterocycles. The number of hydrogen-bond acceptors (Lipinski definition) is 1. The number of carbonyl (C=O) groups excluding carboxylic acids is 1. The maximum absolute atomic E-state index is 12.0. The van der Waals surface area contributed by atoms with Crippen molar-refractivity contribution in [2.45, 2.75) is 25.9 Å². The van der Waals surface area contributed by atoms with Crippen molar-refractivity contribution in [1.82, 2.24) is 9.80 Å². The third kappa shape index (κ3) is 1.77. The van der Waals surface area contributed by atoms with Gasteiger partial charge in [0.1, 0.15) is 0 Å². The molecule has 1 aliphatic rings. The molecule has 0 aliphatic carbocycles. The fourth-order valence-corrected chi connectivity index (χ4v) is 2.16. The van der Waals surface area contributed by atoms with E-state index in [0.29, 0.717) is 0 Å². The zero-order valence-electron chi connectivity index (χ0n) is 10.1. The van der Waals surface area contributed by atoms with Crippen LogP contribution in [0.2, 0.25) is 0 Å². The molecule has 0 N–H and O–H groups in total. The van der Waals surface area contributed by atoms with E-state index >= 15 is 0 Å². The molecule has 0 radical (unpaired) electrons. The summed E-state index contributed by atoms with van der Waals surface area (Å²) < 4.78 is 0. The van der Waals surface area contributed by atoms with Gasteiger partial charge in [-0.1, -0.05) is 30.3 Å². The Kier molecular flexibility index (Phi) is 2.86. The number of urea groups is 1. The van der Waals surface area contributed by atoms with Gasteiger partial charge in [0.05, 0.1) is 6.04 Å². The van der Waals surface area contributed by atoms with Crippen molar-refractivity contribution < 1.29 is 4.79 Å². The maximum Gasteiger partial charge on any atom is 0.320 e. The lowest BCUT2D eigenvalue weighted by Crippen LogP contribution is -2.34. The van der Waals surface area contributed by atoms with Gasteiger partial charge >= 0.3 is 6.03 Å². The number of likely N-dealkylation sites (N-methyl/N-ethyl adjacent to an activating group) is 1. The second kappa shape index (κ2) is 4.16. The van der Waals surface area contributed by atoms with Gasteiger partial charge in [0.2, 0.25) is 0 Å². The van der Waals surface area contributed by atoms with Crippen molar-refractivity contribution >= 4 is 6.03 Å². The average Bonchev–Trinajstić information content (AvgIpc) is 2.58. The first-order chi connectivity index (χ1) is 7.61. The van der Waals surface area contributed by atoms with E-state index in [1.165, 1.54) is 5.56 Å². The van der Waals surface area contributed by atoms with Gasteiger partial charge in [0, 0.05) is 19.6 Å². The van der Waals surface area contributed by atoms with E-state index in [-0.39, 0.29) is 18.1 Å². The quantitative estimate of drug-likeness (QED) is 0.748. The van der Waals surface area contributed by atoms with Crippen LogP contribution in [0, 0.1) is 0 Å². The Morgan fingerprint density at radius 2 is 1.88 bits per heavy atom. The highest BCUT2D eigenvalue weighted by atomic mass is 16.2. The normalized spacial score (nSPS) is 21.0. The van der Waals surface area contributed by atoms with Crippen LogP contribution in [0.4, 0.5) is 4.79 Å². The number of carbonyl (C=O) groups is 1. The summed E-state index contributed by atoms with van der Waals surface area (Å²) in [5, 5.41) is 0. The molecule has 1 aromatic carbocycles. The summed E-state index contributed by atoms with van der Waals surface area (Å²) in [5.41, 5.74) is 1.21. The average molecular weight is 218 g/mol. The lowest BCUT2D eigenvalue weighted by molar-refractivity contribution is 0.187. The van der Waals surface area contributed by atoms with Crippen molar-refractivity contribution in [1.29, 1.82) is 0 Å². The SMILES string of the molecule is CC(C)N1CC(c2ccccc2)N(C)C1=O. The van der Waals surface area contributed by atoms with Crippen LogP contribution in [-0.4, -0.2) is 35.5 Å². The maximum atomic E-state index is 12.0. The van der Waals surface area contributed by atoms with E-state index in [0.717, 1.165) is 6.54 Å². The lowest BCUT2D eigenvalue weighted by Gasteiger charge is -2.19. The Labute approximate surface area is 96.7 Å². The second-order valence-electron chi connectivity index (χ2n) is 4.57. The Morgan fingerprint density at radius 1 is 1.25 bits per heavy atom. The van der Waals surface area contributed by atoms with Gasteiger partial charge in [-0.3, -0.25) is 0 Å². The molecule has 1 atom stereocenters. The third-order valence-corrected chi connectivity index (χ3v) is 3.19. The highest BCUT2D eigenvalue weighted by molar-refractivity contribution is 5.77. The summed E-state index contributed by atoms with van der Waals surface area (Å²) in [6.07, 6.45) is 0. The number of amides is 2. The summed E-state index contributed by atoms with van der Waals surface area (Å²) in [5.74, 6) is 0. The lowest BCUT2D eigenvalue weighted by atomic mass is 10.1. The summed E-state index contributed by atoms with van der Waals surface area (Å²) in [6.45, 7) is 4.90. The third-order valence-electron chi connectivity index (χ3n) is 3.19. The minimum Gasteiger partial charge on any atom is -0.320 e. The van der Waals surface area contributed by atoms with E-state index < -0.39 is 0 Å². The molecule has 1 heterocycles. The molecule has 1 fully saturated rings. The van der Waals surface area contributed by atoms with Crippen LogP contribution in [-0.2, 0) is 0 Å². The van der Waals surface area contributed by atoms with E-state index in [1.807, 2.05) is 35.0 Å². The Bertz CT molecular complexity index is 375.